The SMILES string of the molecule is CCc1ccc(-c2cc(-c3ccccc3)cc(-c3ccc(N(c4ccccc4)c4ccc(-c5cccc6c5sc5ccccc56)cc4)cc3)c2)cc1-c1ccccc1C(C)c1ccccc1. The van der Waals surface area contributed by atoms with Crippen molar-refractivity contribution in [2.24, 2.45) is 0 Å². The molecule has 0 fully saturated rings. The number of nitrogens with zero attached hydrogens (tertiary/aromatic N) is 1. The zero-order valence-electron chi connectivity index (χ0n) is 37.2. The number of hydrogen-bond donors (Lipinski definition) is 0. The molecule has 10 aromatic carbocycles. The van der Waals surface area contributed by atoms with E-state index in [2.05, 4.69) is 261 Å². The molecule has 11 aromatic rings. The fourth-order valence-corrected chi connectivity index (χ4v) is 10.9. The smallest absolute Gasteiger partial charge is 0.0462 e. The summed E-state index contributed by atoms with van der Waals surface area (Å²) >= 11 is 1.88. The van der Waals surface area contributed by atoms with Gasteiger partial charge < -0.3 is 4.90 Å². The first-order valence-corrected chi connectivity index (χ1v) is 23.9. The Balaban J connectivity index is 0.968. The maximum Gasteiger partial charge on any atom is 0.0462 e. The van der Waals surface area contributed by atoms with Gasteiger partial charge in [0.25, 0.3) is 0 Å². The second kappa shape index (κ2) is 18.0. The van der Waals surface area contributed by atoms with E-state index in [9.17, 15) is 0 Å². The molecule has 0 bridgehead atoms. The maximum atomic E-state index is 2.43. The van der Waals surface area contributed by atoms with E-state index in [-0.39, 0.29) is 5.92 Å². The van der Waals surface area contributed by atoms with E-state index in [1.807, 2.05) is 11.3 Å². The molecule has 0 aliphatic rings. The van der Waals surface area contributed by atoms with Crippen LogP contribution < -0.4 is 4.90 Å². The van der Waals surface area contributed by atoms with Crippen LogP contribution in [0.5, 0.6) is 0 Å². The second-order valence-electron chi connectivity index (χ2n) is 17.2. The van der Waals surface area contributed by atoms with Gasteiger partial charge in [0.1, 0.15) is 0 Å². The Labute approximate surface area is 392 Å². The van der Waals surface area contributed by atoms with Crippen LogP contribution >= 0.6 is 11.3 Å². The Morgan fingerprint density at radius 2 is 0.894 bits per heavy atom. The summed E-state index contributed by atoms with van der Waals surface area (Å²) in [7, 11) is 0. The van der Waals surface area contributed by atoms with Gasteiger partial charge >= 0.3 is 0 Å². The van der Waals surface area contributed by atoms with Gasteiger partial charge in [-0.15, -0.1) is 11.3 Å². The molecule has 1 unspecified atom stereocenters. The summed E-state index contributed by atoms with van der Waals surface area (Å²) in [6, 6.07) is 89.1. The van der Waals surface area contributed by atoms with E-state index in [0.717, 1.165) is 23.5 Å². The molecular formula is C64H49NS. The molecule has 0 saturated heterocycles. The molecule has 0 amide bonds. The number of aryl methyl sites for hydroxylation is 1. The third kappa shape index (κ3) is 7.91. The van der Waals surface area contributed by atoms with E-state index < -0.39 is 0 Å². The van der Waals surface area contributed by atoms with Crippen molar-refractivity contribution >= 4 is 48.6 Å². The van der Waals surface area contributed by atoms with Crippen LogP contribution in [0.3, 0.4) is 0 Å². The van der Waals surface area contributed by atoms with Crippen molar-refractivity contribution in [1.82, 2.24) is 0 Å². The van der Waals surface area contributed by atoms with E-state index in [0.29, 0.717) is 0 Å². The molecule has 0 aliphatic carbocycles. The molecule has 1 heterocycles. The second-order valence-corrected chi connectivity index (χ2v) is 18.2. The van der Waals surface area contributed by atoms with E-state index in [1.165, 1.54) is 92.5 Å². The van der Waals surface area contributed by atoms with Crippen LogP contribution in [0, 0.1) is 0 Å². The standard InChI is InChI=1S/C64H49NS/c1-3-45-30-31-50(43-62(45)59-25-14-13-24-57(59)44(2)46-18-7-4-8-19-46)53-41-51(47-20-9-5-10-21-47)40-52(42-53)48-32-36-55(37-33-48)65(54-22-11-6-12-23-54)56-38-34-49(35-39-56)58-27-17-28-61-60-26-15-16-29-63(60)66-64(58)61/h4-44H,3H2,1-2H3. The number of fused-ring (bicyclic) bond motifs is 3. The number of para-hydroxylation sites is 1. The van der Waals surface area contributed by atoms with Gasteiger partial charge in [-0.05, 0) is 145 Å². The van der Waals surface area contributed by atoms with Crippen molar-refractivity contribution in [1.29, 1.82) is 0 Å². The highest BCUT2D eigenvalue weighted by Crippen LogP contribution is 2.43. The van der Waals surface area contributed by atoms with Gasteiger partial charge in [-0.3, -0.25) is 0 Å². The molecule has 11 rings (SSSR count). The topological polar surface area (TPSA) is 3.24 Å². The summed E-state index contributed by atoms with van der Waals surface area (Å²) in [6.07, 6.45) is 0.957. The fourth-order valence-electron chi connectivity index (χ4n) is 9.71. The van der Waals surface area contributed by atoms with Crippen molar-refractivity contribution in [3.63, 3.8) is 0 Å². The zero-order chi connectivity index (χ0) is 44.4. The molecule has 1 nitrogen and oxygen atoms in total. The summed E-state index contributed by atoms with van der Waals surface area (Å²) < 4.78 is 2.66. The summed E-state index contributed by atoms with van der Waals surface area (Å²) in [5.74, 6) is 0.261. The average Bonchev–Trinajstić information content (AvgIpc) is 3.79. The van der Waals surface area contributed by atoms with Crippen LogP contribution in [0.2, 0.25) is 0 Å². The Hall–Kier alpha value is -7.78. The van der Waals surface area contributed by atoms with Gasteiger partial charge in [0.05, 0.1) is 0 Å². The minimum absolute atomic E-state index is 0.261. The van der Waals surface area contributed by atoms with Gasteiger partial charge in [0.2, 0.25) is 0 Å². The average molecular weight is 864 g/mol. The normalized spacial score (nSPS) is 11.8. The van der Waals surface area contributed by atoms with E-state index in [1.54, 1.807) is 0 Å². The first-order chi connectivity index (χ1) is 32.6. The molecule has 1 atom stereocenters. The predicted molar refractivity (Wildman–Crippen MR) is 285 cm³/mol. The van der Waals surface area contributed by atoms with Crippen LogP contribution in [0.4, 0.5) is 17.1 Å². The monoisotopic (exact) mass is 863 g/mol. The summed E-state index contributed by atoms with van der Waals surface area (Å²) in [4.78, 5) is 2.35. The minimum Gasteiger partial charge on any atom is -0.311 e. The Morgan fingerprint density at radius 1 is 0.379 bits per heavy atom. The molecular weight excluding hydrogens is 815 g/mol. The fraction of sp³-hybridized carbons (Fsp3) is 0.0625. The van der Waals surface area contributed by atoms with Gasteiger partial charge in [-0.1, -0.05) is 190 Å². The first-order valence-electron chi connectivity index (χ1n) is 23.0. The van der Waals surface area contributed by atoms with Crippen molar-refractivity contribution in [2.75, 3.05) is 4.90 Å². The molecule has 0 aliphatic heterocycles. The molecule has 0 N–H and O–H groups in total. The van der Waals surface area contributed by atoms with Crippen molar-refractivity contribution < 1.29 is 0 Å². The molecule has 0 radical (unpaired) electrons. The number of rotatable bonds is 11. The van der Waals surface area contributed by atoms with Crippen LogP contribution in [0.25, 0.3) is 75.8 Å². The highest BCUT2D eigenvalue weighted by molar-refractivity contribution is 7.26. The van der Waals surface area contributed by atoms with Crippen molar-refractivity contribution in [3.8, 4) is 55.6 Å². The molecule has 2 heteroatoms. The first kappa shape index (κ1) is 41.0. The van der Waals surface area contributed by atoms with E-state index >= 15 is 0 Å². The number of anilines is 3. The lowest BCUT2D eigenvalue weighted by Crippen LogP contribution is -2.09. The van der Waals surface area contributed by atoms with Crippen LogP contribution in [0.1, 0.15) is 36.5 Å². The van der Waals surface area contributed by atoms with Crippen LogP contribution in [0.15, 0.2) is 243 Å². The third-order valence-electron chi connectivity index (χ3n) is 13.2. The van der Waals surface area contributed by atoms with Crippen LogP contribution in [-0.4, -0.2) is 0 Å². The Kier molecular flexibility index (Phi) is 11.2. The Bertz CT molecular complexity index is 3440. The lowest BCUT2D eigenvalue weighted by molar-refractivity contribution is 0.924. The largest absolute Gasteiger partial charge is 0.311 e. The molecule has 1 aromatic heterocycles. The zero-order valence-corrected chi connectivity index (χ0v) is 38.1. The number of thiophene rings is 1. The third-order valence-corrected chi connectivity index (χ3v) is 14.4. The Morgan fingerprint density at radius 3 is 1.59 bits per heavy atom. The van der Waals surface area contributed by atoms with Crippen molar-refractivity contribution in [3.05, 3.63) is 259 Å². The summed E-state index contributed by atoms with van der Waals surface area (Å²) in [5.41, 5.74) is 19.6. The van der Waals surface area contributed by atoms with Gasteiger partial charge in [-0.2, -0.15) is 0 Å². The van der Waals surface area contributed by atoms with Gasteiger partial charge in [-0.25, -0.2) is 0 Å². The quantitative estimate of drug-likeness (QED) is 0.125. The highest BCUT2D eigenvalue weighted by Gasteiger charge is 2.19. The highest BCUT2D eigenvalue weighted by atomic mass is 32.1. The van der Waals surface area contributed by atoms with Crippen LogP contribution in [-0.2, 0) is 6.42 Å². The molecule has 66 heavy (non-hydrogen) atoms. The van der Waals surface area contributed by atoms with Crippen molar-refractivity contribution in [2.45, 2.75) is 26.2 Å². The molecule has 0 spiro atoms. The maximum absolute atomic E-state index is 2.43. The van der Waals surface area contributed by atoms with E-state index in [4.69, 9.17) is 0 Å². The summed E-state index contributed by atoms with van der Waals surface area (Å²) in [5, 5.41) is 2.64. The minimum atomic E-state index is 0.261. The van der Waals surface area contributed by atoms with Gasteiger partial charge in [0.15, 0.2) is 0 Å². The number of hydrogen-bond acceptors (Lipinski definition) is 2. The lowest BCUT2D eigenvalue weighted by Gasteiger charge is -2.26. The molecule has 0 saturated carbocycles. The predicted octanol–water partition coefficient (Wildman–Crippen LogP) is 18.6. The summed E-state index contributed by atoms with van der Waals surface area (Å²) in [6.45, 7) is 4.59. The molecule has 316 valence electrons. The lowest BCUT2D eigenvalue weighted by atomic mass is 9.84. The number of benzene rings is 10. The van der Waals surface area contributed by atoms with Gasteiger partial charge in [0, 0.05) is 43.2 Å².